The van der Waals surface area contributed by atoms with E-state index in [4.69, 9.17) is 9.47 Å². The summed E-state index contributed by atoms with van der Waals surface area (Å²) < 4.78 is 10.6. The number of fused-ring (bicyclic) bond motifs is 1. The number of hydrogen-bond donors (Lipinski definition) is 2. The maximum atomic E-state index is 12.1. The van der Waals surface area contributed by atoms with Gasteiger partial charge in [0.25, 0.3) is 5.91 Å². The largest absolute Gasteiger partial charge is 0.454 e. The Hall–Kier alpha value is -3.02. The molecule has 0 unspecified atom stereocenters. The van der Waals surface area contributed by atoms with Crippen LogP contribution in [-0.2, 0) is 4.79 Å². The van der Waals surface area contributed by atoms with E-state index in [0.29, 0.717) is 17.1 Å². The van der Waals surface area contributed by atoms with Crippen LogP contribution in [-0.4, -0.2) is 25.2 Å². The van der Waals surface area contributed by atoms with Crippen molar-refractivity contribution in [2.45, 2.75) is 19.9 Å². The van der Waals surface area contributed by atoms with Crippen molar-refractivity contribution in [3.63, 3.8) is 0 Å². The van der Waals surface area contributed by atoms with Crippen LogP contribution in [0.3, 0.4) is 0 Å². The highest BCUT2D eigenvalue weighted by atomic mass is 16.7. The molecule has 0 bridgehead atoms. The molecule has 130 valence electrons. The molecule has 25 heavy (non-hydrogen) atoms. The Morgan fingerprint density at radius 3 is 2.68 bits per heavy atom. The van der Waals surface area contributed by atoms with E-state index in [1.54, 1.807) is 12.1 Å². The second kappa shape index (κ2) is 7.25. The van der Waals surface area contributed by atoms with Crippen molar-refractivity contribution in [3.05, 3.63) is 59.2 Å². The van der Waals surface area contributed by atoms with E-state index < -0.39 is 0 Å². The summed E-state index contributed by atoms with van der Waals surface area (Å²) in [6, 6.07) is 12.6. The van der Waals surface area contributed by atoms with Gasteiger partial charge in [0.1, 0.15) is 0 Å². The number of aryl methyl sites for hydroxylation is 1. The third-order valence-electron chi connectivity index (χ3n) is 4.07. The standard InChI is InChI=1S/C19H20N2O4/c1-12-5-3-4-6-15(12)19(23)20-10-18(22)21-13(2)14-7-8-16-17(9-14)25-11-24-16/h3-9,13H,10-11H2,1-2H3,(H,20,23)(H,21,22)/t13-/m1/s1. The number of ether oxygens (including phenoxy) is 2. The van der Waals surface area contributed by atoms with Crippen LogP contribution < -0.4 is 20.1 Å². The fourth-order valence-electron chi connectivity index (χ4n) is 2.64. The molecule has 0 aromatic heterocycles. The summed E-state index contributed by atoms with van der Waals surface area (Å²) in [7, 11) is 0. The minimum Gasteiger partial charge on any atom is -0.454 e. The van der Waals surface area contributed by atoms with Gasteiger partial charge in [0, 0.05) is 5.56 Å². The van der Waals surface area contributed by atoms with Gasteiger partial charge in [0.05, 0.1) is 12.6 Å². The van der Waals surface area contributed by atoms with Crippen LogP contribution in [0.5, 0.6) is 11.5 Å². The average molecular weight is 340 g/mol. The van der Waals surface area contributed by atoms with E-state index in [2.05, 4.69) is 10.6 Å². The number of carbonyl (C=O) groups excluding carboxylic acids is 2. The smallest absolute Gasteiger partial charge is 0.251 e. The van der Waals surface area contributed by atoms with Crippen LogP contribution in [0.2, 0.25) is 0 Å². The lowest BCUT2D eigenvalue weighted by molar-refractivity contribution is -0.120. The van der Waals surface area contributed by atoms with Crippen molar-refractivity contribution < 1.29 is 19.1 Å². The molecule has 0 aliphatic carbocycles. The van der Waals surface area contributed by atoms with Crippen molar-refractivity contribution in [3.8, 4) is 11.5 Å². The number of carbonyl (C=O) groups is 2. The monoisotopic (exact) mass is 340 g/mol. The van der Waals surface area contributed by atoms with E-state index in [1.807, 2.05) is 44.2 Å². The van der Waals surface area contributed by atoms with E-state index in [0.717, 1.165) is 11.1 Å². The molecule has 3 rings (SSSR count). The lowest BCUT2D eigenvalue weighted by Gasteiger charge is -2.15. The molecule has 2 N–H and O–H groups in total. The van der Waals surface area contributed by atoms with Crippen LogP contribution in [0, 0.1) is 6.92 Å². The molecule has 1 aliphatic heterocycles. The van der Waals surface area contributed by atoms with Crippen LogP contribution >= 0.6 is 0 Å². The van der Waals surface area contributed by atoms with Gasteiger partial charge in [-0.1, -0.05) is 24.3 Å². The molecule has 1 atom stereocenters. The Labute approximate surface area is 146 Å². The summed E-state index contributed by atoms with van der Waals surface area (Å²) in [5.41, 5.74) is 2.34. The van der Waals surface area contributed by atoms with Gasteiger partial charge in [-0.2, -0.15) is 0 Å². The van der Waals surface area contributed by atoms with Gasteiger partial charge < -0.3 is 20.1 Å². The Bertz CT molecular complexity index is 804. The number of rotatable bonds is 5. The lowest BCUT2D eigenvalue weighted by atomic mass is 10.1. The summed E-state index contributed by atoms with van der Waals surface area (Å²) in [4.78, 5) is 24.2. The fraction of sp³-hybridized carbons (Fsp3) is 0.263. The maximum Gasteiger partial charge on any atom is 0.251 e. The summed E-state index contributed by atoms with van der Waals surface area (Å²) in [5, 5.41) is 5.50. The van der Waals surface area contributed by atoms with E-state index >= 15 is 0 Å². The third kappa shape index (κ3) is 3.91. The molecule has 1 aliphatic rings. The van der Waals surface area contributed by atoms with Gasteiger partial charge in [-0.05, 0) is 43.2 Å². The minimum atomic E-state index is -0.260. The van der Waals surface area contributed by atoms with Gasteiger partial charge in [0.15, 0.2) is 11.5 Å². The van der Waals surface area contributed by atoms with Gasteiger partial charge in [0.2, 0.25) is 12.7 Å². The maximum absolute atomic E-state index is 12.1. The summed E-state index contributed by atoms with van der Waals surface area (Å²) in [5.74, 6) is 0.857. The number of hydrogen-bond acceptors (Lipinski definition) is 4. The van der Waals surface area contributed by atoms with Crippen LogP contribution in [0.1, 0.15) is 34.5 Å². The number of benzene rings is 2. The zero-order valence-electron chi connectivity index (χ0n) is 14.2. The Balaban J connectivity index is 1.54. The molecule has 2 amide bonds. The molecule has 2 aromatic carbocycles. The first kappa shape index (κ1) is 16.8. The summed E-state index contributed by atoms with van der Waals surface area (Å²) in [6.45, 7) is 3.86. The first-order valence-corrected chi connectivity index (χ1v) is 8.07. The first-order valence-electron chi connectivity index (χ1n) is 8.07. The molecule has 0 saturated carbocycles. The van der Waals surface area contributed by atoms with E-state index in [9.17, 15) is 9.59 Å². The molecule has 0 saturated heterocycles. The zero-order chi connectivity index (χ0) is 17.8. The van der Waals surface area contributed by atoms with Gasteiger partial charge in [-0.15, -0.1) is 0 Å². The Kier molecular flexibility index (Phi) is 4.88. The van der Waals surface area contributed by atoms with Crippen molar-refractivity contribution in [1.82, 2.24) is 10.6 Å². The van der Waals surface area contributed by atoms with Crippen LogP contribution in [0.4, 0.5) is 0 Å². The SMILES string of the molecule is Cc1ccccc1C(=O)NCC(=O)N[C@H](C)c1ccc2c(c1)OCO2. The Morgan fingerprint density at radius 2 is 1.88 bits per heavy atom. The second-order valence-electron chi connectivity index (χ2n) is 5.90. The summed E-state index contributed by atoms with van der Waals surface area (Å²) in [6.07, 6.45) is 0. The van der Waals surface area contributed by atoms with Crippen molar-refractivity contribution >= 4 is 11.8 Å². The molecular weight excluding hydrogens is 320 g/mol. The molecular formula is C19H20N2O4. The minimum absolute atomic E-state index is 0.0813. The van der Waals surface area contributed by atoms with Crippen molar-refractivity contribution in [2.75, 3.05) is 13.3 Å². The molecule has 1 heterocycles. The number of nitrogens with one attached hydrogen (secondary N) is 2. The normalized spacial score (nSPS) is 13.2. The van der Waals surface area contributed by atoms with Crippen LogP contribution in [0.25, 0.3) is 0 Å². The van der Waals surface area contributed by atoms with E-state index in [-0.39, 0.29) is 31.2 Å². The highest BCUT2D eigenvalue weighted by Crippen LogP contribution is 2.34. The zero-order valence-corrected chi connectivity index (χ0v) is 14.2. The summed E-state index contributed by atoms with van der Waals surface area (Å²) >= 11 is 0. The fourth-order valence-corrected chi connectivity index (χ4v) is 2.64. The molecule has 0 radical (unpaired) electrons. The molecule has 2 aromatic rings. The highest BCUT2D eigenvalue weighted by molar-refractivity contribution is 5.97. The van der Waals surface area contributed by atoms with Gasteiger partial charge in [-0.3, -0.25) is 9.59 Å². The van der Waals surface area contributed by atoms with Crippen LogP contribution in [0.15, 0.2) is 42.5 Å². The van der Waals surface area contributed by atoms with Gasteiger partial charge >= 0.3 is 0 Å². The average Bonchev–Trinajstić information content (AvgIpc) is 3.07. The molecule has 6 heteroatoms. The van der Waals surface area contributed by atoms with Gasteiger partial charge in [-0.25, -0.2) is 0 Å². The van der Waals surface area contributed by atoms with Crippen molar-refractivity contribution in [2.24, 2.45) is 0 Å². The predicted octanol–water partition coefficient (Wildman–Crippen LogP) is 2.33. The topological polar surface area (TPSA) is 76.7 Å². The second-order valence-corrected chi connectivity index (χ2v) is 5.90. The Morgan fingerprint density at radius 1 is 1.12 bits per heavy atom. The predicted molar refractivity (Wildman–Crippen MR) is 92.6 cm³/mol. The molecule has 6 nitrogen and oxygen atoms in total. The third-order valence-corrected chi connectivity index (χ3v) is 4.07. The van der Waals surface area contributed by atoms with E-state index in [1.165, 1.54) is 0 Å². The highest BCUT2D eigenvalue weighted by Gasteiger charge is 2.17. The molecule has 0 spiro atoms. The number of amides is 2. The lowest BCUT2D eigenvalue weighted by Crippen LogP contribution is -2.38. The quantitative estimate of drug-likeness (QED) is 0.876. The first-order chi connectivity index (χ1) is 12.0. The van der Waals surface area contributed by atoms with Crippen molar-refractivity contribution in [1.29, 1.82) is 0 Å². The molecule has 0 fully saturated rings.